The predicted octanol–water partition coefficient (Wildman–Crippen LogP) is 6.25. The van der Waals surface area contributed by atoms with Gasteiger partial charge in [0.05, 0.1) is 4.90 Å². The summed E-state index contributed by atoms with van der Waals surface area (Å²) in [5, 5.41) is 3.14. The summed E-state index contributed by atoms with van der Waals surface area (Å²) in [6.45, 7) is 0.309. The maximum absolute atomic E-state index is 14.7. The third-order valence-corrected chi connectivity index (χ3v) is 10.2. The van der Waals surface area contributed by atoms with Crippen molar-refractivity contribution in [2.45, 2.75) is 71.7 Å². The Morgan fingerprint density at radius 3 is 2.03 bits per heavy atom. The number of rotatable bonds is 4. The fourth-order valence-electron chi connectivity index (χ4n) is 5.66. The molecule has 1 aliphatic heterocycles. The van der Waals surface area contributed by atoms with E-state index >= 15 is 0 Å². The summed E-state index contributed by atoms with van der Waals surface area (Å²) in [6.07, 6.45) is -10.1. The van der Waals surface area contributed by atoms with E-state index in [1.54, 1.807) is 12.1 Å². The summed E-state index contributed by atoms with van der Waals surface area (Å²) >= 11 is 0. The Morgan fingerprint density at radius 2 is 1.47 bits per heavy atom. The minimum absolute atomic E-state index is 0. The van der Waals surface area contributed by atoms with Crippen LogP contribution < -0.4 is 5.32 Å². The van der Waals surface area contributed by atoms with E-state index in [9.17, 15) is 39.2 Å². The highest BCUT2D eigenvalue weighted by molar-refractivity contribution is 7.92. The fraction of sp³-hybridized carbons (Fsp3) is 0.500. The van der Waals surface area contributed by atoms with E-state index in [1.165, 1.54) is 12.1 Å². The van der Waals surface area contributed by atoms with Gasteiger partial charge in [-0.25, -0.2) is 12.8 Å². The lowest BCUT2D eigenvalue weighted by Gasteiger charge is -2.41. The summed E-state index contributed by atoms with van der Waals surface area (Å²) in [7, 11) is -4.10. The van der Waals surface area contributed by atoms with Gasteiger partial charge in [0.15, 0.2) is 9.84 Å². The maximum atomic E-state index is 14.7. The van der Waals surface area contributed by atoms with Crippen molar-refractivity contribution in [3.05, 3.63) is 64.7 Å². The summed E-state index contributed by atoms with van der Waals surface area (Å²) in [6, 6.07) is 7.84. The van der Waals surface area contributed by atoms with E-state index in [0.29, 0.717) is 24.6 Å². The summed E-state index contributed by atoms with van der Waals surface area (Å²) in [5.74, 6) is 0.405. The zero-order valence-corrected chi connectivity index (χ0v) is 20.4. The highest BCUT2D eigenvalue weighted by Gasteiger charge is 2.73. The second kappa shape index (κ2) is 8.59. The second-order valence-electron chi connectivity index (χ2n) is 9.56. The molecule has 2 aromatic carbocycles. The van der Waals surface area contributed by atoms with Gasteiger partial charge >= 0.3 is 18.0 Å². The van der Waals surface area contributed by atoms with Crippen LogP contribution in [-0.4, -0.2) is 33.4 Å². The van der Waals surface area contributed by atoms with Crippen LogP contribution in [0.2, 0.25) is 0 Å². The highest BCUT2D eigenvalue weighted by Crippen LogP contribution is 2.55. The van der Waals surface area contributed by atoms with E-state index in [-0.39, 0.29) is 47.7 Å². The van der Waals surface area contributed by atoms with Crippen LogP contribution in [-0.2, 0) is 26.7 Å². The van der Waals surface area contributed by atoms with Crippen LogP contribution in [0, 0.1) is 0 Å². The lowest BCUT2D eigenvalue weighted by Crippen LogP contribution is -2.51. The van der Waals surface area contributed by atoms with Crippen LogP contribution in [0.4, 0.5) is 30.7 Å². The van der Waals surface area contributed by atoms with E-state index in [4.69, 9.17) is 0 Å². The van der Waals surface area contributed by atoms with Crippen molar-refractivity contribution in [1.82, 2.24) is 5.32 Å². The number of aryl methyl sites for hydroxylation is 1. The average molecular weight is 558 g/mol. The maximum Gasteiger partial charge on any atom is 0.435 e. The van der Waals surface area contributed by atoms with Crippen LogP contribution >= 0.6 is 12.4 Å². The monoisotopic (exact) mass is 557 g/mol. The molecule has 0 amide bonds. The van der Waals surface area contributed by atoms with Gasteiger partial charge in [0.25, 0.3) is 0 Å². The standard InChI is InChI=1S/C24H22F7NO2S.ClH/c25-22(23(26,27)28,24(29,30)31)17-6-9-19-16(13-17)5-10-20-21(19,11-12-32-20)35(33,34)18-7-3-15(4-8-18)14-1-2-14;/h3-4,6-9,13-14,20,32H,1-2,5,10-12H2;1H. The topological polar surface area (TPSA) is 46.2 Å². The zero-order chi connectivity index (χ0) is 25.4. The minimum atomic E-state index is -6.24. The van der Waals surface area contributed by atoms with Crippen molar-refractivity contribution in [3.63, 3.8) is 0 Å². The Bertz CT molecular complexity index is 1240. The summed E-state index contributed by atoms with van der Waals surface area (Å²) in [5.41, 5.74) is -6.03. The molecule has 5 rings (SSSR count). The Labute approximate surface area is 209 Å². The first-order chi connectivity index (χ1) is 16.2. The van der Waals surface area contributed by atoms with Crippen LogP contribution in [0.15, 0.2) is 47.4 Å². The SMILES string of the molecule is Cl.O=S(=O)(c1ccc(C2CC2)cc1)C12CCNC1CCc1cc(C(F)(C(F)(F)F)C(F)(F)F)ccc12. The van der Waals surface area contributed by atoms with Crippen molar-refractivity contribution in [2.24, 2.45) is 0 Å². The molecule has 2 aromatic rings. The van der Waals surface area contributed by atoms with E-state index in [0.717, 1.165) is 24.5 Å². The molecule has 198 valence electrons. The van der Waals surface area contributed by atoms with Gasteiger partial charge in [-0.1, -0.05) is 30.3 Å². The molecule has 0 radical (unpaired) electrons. The Morgan fingerprint density at radius 1 is 0.861 bits per heavy atom. The minimum Gasteiger partial charge on any atom is -0.312 e. The van der Waals surface area contributed by atoms with Gasteiger partial charge in [0, 0.05) is 11.6 Å². The van der Waals surface area contributed by atoms with Crippen LogP contribution in [0.25, 0.3) is 0 Å². The normalized spacial score (nSPS) is 24.6. The van der Waals surface area contributed by atoms with Crippen molar-refractivity contribution >= 4 is 22.2 Å². The first-order valence-corrected chi connectivity index (χ1v) is 12.8. The molecule has 2 atom stereocenters. The van der Waals surface area contributed by atoms with Gasteiger partial charge in [-0.3, -0.25) is 0 Å². The largest absolute Gasteiger partial charge is 0.435 e. The molecule has 2 unspecified atom stereocenters. The Hall–Kier alpha value is -1.85. The van der Waals surface area contributed by atoms with Crippen molar-refractivity contribution in [2.75, 3.05) is 6.54 Å². The lowest BCUT2D eigenvalue weighted by atomic mass is 9.77. The Balaban J connectivity index is 0.00000304. The lowest BCUT2D eigenvalue weighted by molar-refractivity contribution is -0.348. The van der Waals surface area contributed by atoms with Crippen LogP contribution in [0.3, 0.4) is 0 Å². The number of halogens is 8. The first kappa shape index (κ1) is 27.2. The van der Waals surface area contributed by atoms with E-state index in [2.05, 4.69) is 5.32 Å². The average Bonchev–Trinajstić information content (AvgIpc) is 3.54. The van der Waals surface area contributed by atoms with Gasteiger partial charge in [-0.2, -0.15) is 26.3 Å². The van der Waals surface area contributed by atoms with Gasteiger partial charge < -0.3 is 5.32 Å². The fourth-order valence-corrected chi connectivity index (χ4v) is 8.01. The molecule has 12 heteroatoms. The van der Waals surface area contributed by atoms with Crippen LogP contribution in [0.5, 0.6) is 0 Å². The van der Waals surface area contributed by atoms with E-state index < -0.39 is 44.2 Å². The first-order valence-electron chi connectivity index (χ1n) is 11.3. The van der Waals surface area contributed by atoms with E-state index in [1.807, 2.05) is 0 Å². The number of benzene rings is 2. The molecule has 1 heterocycles. The quantitative estimate of drug-likeness (QED) is 0.452. The van der Waals surface area contributed by atoms with Crippen molar-refractivity contribution in [1.29, 1.82) is 0 Å². The molecule has 36 heavy (non-hydrogen) atoms. The van der Waals surface area contributed by atoms with Gasteiger partial charge in [0.1, 0.15) is 4.75 Å². The molecule has 0 bridgehead atoms. The van der Waals surface area contributed by atoms with Gasteiger partial charge in [-0.05, 0) is 73.4 Å². The summed E-state index contributed by atoms with van der Waals surface area (Å²) < 4.78 is 121. The van der Waals surface area contributed by atoms with Gasteiger partial charge in [-0.15, -0.1) is 12.4 Å². The third-order valence-electron chi connectivity index (χ3n) is 7.61. The molecule has 0 aromatic heterocycles. The smallest absolute Gasteiger partial charge is 0.312 e. The molecule has 2 fully saturated rings. The molecule has 1 saturated carbocycles. The molecular weight excluding hydrogens is 535 g/mol. The molecule has 1 saturated heterocycles. The third kappa shape index (κ3) is 3.75. The number of hydrogen-bond donors (Lipinski definition) is 1. The van der Waals surface area contributed by atoms with Crippen molar-refractivity contribution < 1.29 is 39.2 Å². The number of nitrogens with one attached hydrogen (secondary N) is 1. The van der Waals surface area contributed by atoms with Crippen LogP contribution in [0.1, 0.15) is 53.9 Å². The molecule has 1 N–H and O–H groups in total. The molecule has 3 aliphatic rings. The number of alkyl halides is 7. The number of hydrogen-bond acceptors (Lipinski definition) is 3. The van der Waals surface area contributed by atoms with Crippen molar-refractivity contribution in [3.8, 4) is 0 Å². The molecule has 0 spiro atoms. The summed E-state index contributed by atoms with van der Waals surface area (Å²) in [4.78, 5) is 0.0398. The predicted molar refractivity (Wildman–Crippen MR) is 121 cm³/mol. The highest BCUT2D eigenvalue weighted by atomic mass is 35.5. The van der Waals surface area contributed by atoms with Gasteiger partial charge in [0.2, 0.25) is 0 Å². The number of fused-ring (bicyclic) bond motifs is 3. The molecular formula is C24H23ClF7NO2S. The molecule has 3 nitrogen and oxygen atoms in total. The Kier molecular flexibility index (Phi) is 6.49. The molecule has 2 aliphatic carbocycles. The second-order valence-corrected chi connectivity index (χ2v) is 11.8. The number of sulfone groups is 1. The zero-order valence-electron chi connectivity index (χ0n) is 18.7.